The summed E-state index contributed by atoms with van der Waals surface area (Å²) in [6.45, 7) is 3.42. The summed E-state index contributed by atoms with van der Waals surface area (Å²) >= 11 is 0. The number of nitrogens with one attached hydrogen (secondary N) is 1. The van der Waals surface area contributed by atoms with E-state index in [4.69, 9.17) is 10.00 Å². The van der Waals surface area contributed by atoms with Gasteiger partial charge in [0.1, 0.15) is 12.4 Å². The van der Waals surface area contributed by atoms with Gasteiger partial charge in [0.15, 0.2) is 0 Å². The van der Waals surface area contributed by atoms with E-state index in [1.165, 1.54) is 0 Å². The van der Waals surface area contributed by atoms with E-state index in [2.05, 4.69) is 23.3 Å². The van der Waals surface area contributed by atoms with Crippen LogP contribution in [-0.2, 0) is 0 Å². The minimum atomic E-state index is 0.222. The van der Waals surface area contributed by atoms with Crippen molar-refractivity contribution in [2.45, 2.75) is 13.0 Å². The van der Waals surface area contributed by atoms with Crippen molar-refractivity contribution in [3.63, 3.8) is 0 Å². The summed E-state index contributed by atoms with van der Waals surface area (Å²) in [7, 11) is 0. The summed E-state index contributed by atoms with van der Waals surface area (Å²) < 4.78 is 5.56. The fourth-order valence-electron chi connectivity index (χ4n) is 1.84. The molecular formula is C16H17N3O. The molecule has 0 fully saturated rings. The summed E-state index contributed by atoms with van der Waals surface area (Å²) in [5.74, 6) is 0.778. The van der Waals surface area contributed by atoms with E-state index >= 15 is 0 Å². The van der Waals surface area contributed by atoms with E-state index in [0.717, 1.165) is 17.9 Å². The number of nitriles is 1. The van der Waals surface area contributed by atoms with Crippen LogP contribution in [0.1, 0.15) is 24.1 Å². The van der Waals surface area contributed by atoms with E-state index in [-0.39, 0.29) is 6.04 Å². The minimum Gasteiger partial charge on any atom is -0.491 e. The molecule has 0 spiro atoms. The summed E-state index contributed by atoms with van der Waals surface area (Å²) in [6.07, 6.45) is 3.42. The van der Waals surface area contributed by atoms with E-state index in [1.807, 2.05) is 36.4 Å². The number of pyridine rings is 1. The molecular weight excluding hydrogens is 250 g/mol. The molecule has 2 aromatic rings. The third-order valence-electron chi connectivity index (χ3n) is 3.00. The highest BCUT2D eigenvalue weighted by atomic mass is 16.5. The largest absolute Gasteiger partial charge is 0.491 e. The van der Waals surface area contributed by atoms with Crippen LogP contribution in [0, 0.1) is 11.3 Å². The smallest absolute Gasteiger partial charge is 0.137 e. The summed E-state index contributed by atoms with van der Waals surface area (Å²) in [6, 6.07) is 13.7. The van der Waals surface area contributed by atoms with Crippen LogP contribution in [0.2, 0.25) is 0 Å². The Bertz CT molecular complexity index is 561. The maximum absolute atomic E-state index is 8.76. The monoisotopic (exact) mass is 267 g/mol. The lowest BCUT2D eigenvalue weighted by atomic mass is 10.1. The molecule has 1 aromatic heterocycles. The highest BCUT2D eigenvalue weighted by Gasteiger charge is 2.04. The van der Waals surface area contributed by atoms with Gasteiger partial charge >= 0.3 is 0 Å². The third-order valence-corrected chi connectivity index (χ3v) is 3.00. The van der Waals surface area contributed by atoms with E-state index in [9.17, 15) is 0 Å². The van der Waals surface area contributed by atoms with Crippen LogP contribution in [0.3, 0.4) is 0 Å². The number of rotatable bonds is 6. The first kappa shape index (κ1) is 14.0. The fraction of sp³-hybridized carbons (Fsp3) is 0.250. The predicted molar refractivity (Wildman–Crippen MR) is 77.3 cm³/mol. The number of ether oxygens (including phenoxy) is 1. The maximum Gasteiger partial charge on any atom is 0.137 e. The van der Waals surface area contributed by atoms with Gasteiger partial charge in [0.2, 0.25) is 0 Å². The number of hydrogen-bond acceptors (Lipinski definition) is 4. The standard InChI is InChI=1S/C16H17N3O/c1-13(15-6-4-14(11-17)5-7-15)19-9-10-20-16-3-2-8-18-12-16/h2-8,12-13,19H,9-10H2,1H3/t13-/m0/s1. The highest BCUT2D eigenvalue weighted by molar-refractivity contribution is 5.32. The third kappa shape index (κ3) is 4.08. The van der Waals surface area contributed by atoms with Gasteiger partial charge in [-0.05, 0) is 36.8 Å². The van der Waals surface area contributed by atoms with Crippen LogP contribution in [0.25, 0.3) is 0 Å². The molecule has 2 rings (SSSR count). The lowest BCUT2D eigenvalue weighted by Gasteiger charge is -2.14. The van der Waals surface area contributed by atoms with E-state index in [1.54, 1.807) is 12.4 Å². The van der Waals surface area contributed by atoms with Gasteiger partial charge in [0, 0.05) is 18.8 Å². The van der Waals surface area contributed by atoms with Gasteiger partial charge in [0.05, 0.1) is 17.8 Å². The van der Waals surface area contributed by atoms with E-state index < -0.39 is 0 Å². The van der Waals surface area contributed by atoms with Crippen molar-refractivity contribution in [1.29, 1.82) is 5.26 Å². The van der Waals surface area contributed by atoms with Crippen molar-refractivity contribution in [1.82, 2.24) is 10.3 Å². The quantitative estimate of drug-likeness (QED) is 0.817. The van der Waals surface area contributed by atoms with Crippen molar-refractivity contribution >= 4 is 0 Å². The van der Waals surface area contributed by atoms with Crippen molar-refractivity contribution in [2.75, 3.05) is 13.2 Å². The average molecular weight is 267 g/mol. The Morgan fingerprint density at radius 2 is 2.10 bits per heavy atom. The van der Waals surface area contributed by atoms with Gasteiger partial charge in [-0.2, -0.15) is 5.26 Å². The zero-order valence-electron chi connectivity index (χ0n) is 11.4. The second-order valence-corrected chi connectivity index (χ2v) is 4.45. The second-order valence-electron chi connectivity index (χ2n) is 4.45. The molecule has 1 heterocycles. The summed E-state index contributed by atoms with van der Waals surface area (Å²) in [5.41, 5.74) is 1.84. The van der Waals surface area contributed by atoms with Crippen molar-refractivity contribution in [3.8, 4) is 11.8 Å². The molecule has 0 aliphatic heterocycles. The van der Waals surface area contributed by atoms with Gasteiger partial charge in [-0.25, -0.2) is 0 Å². The average Bonchev–Trinajstić information content (AvgIpc) is 2.52. The van der Waals surface area contributed by atoms with Gasteiger partial charge < -0.3 is 10.1 Å². The summed E-state index contributed by atoms with van der Waals surface area (Å²) in [4.78, 5) is 3.99. The maximum atomic E-state index is 8.76. The predicted octanol–water partition coefficient (Wildman–Crippen LogP) is 2.68. The molecule has 1 aromatic carbocycles. The Balaban J connectivity index is 1.74. The molecule has 102 valence electrons. The van der Waals surface area contributed by atoms with Crippen molar-refractivity contribution < 1.29 is 4.74 Å². The van der Waals surface area contributed by atoms with Crippen molar-refractivity contribution in [2.24, 2.45) is 0 Å². The molecule has 4 nitrogen and oxygen atoms in total. The molecule has 0 unspecified atom stereocenters. The molecule has 1 N–H and O–H groups in total. The van der Waals surface area contributed by atoms with Crippen LogP contribution in [-0.4, -0.2) is 18.1 Å². The van der Waals surface area contributed by atoms with Gasteiger partial charge in [0.25, 0.3) is 0 Å². The first-order chi connectivity index (χ1) is 9.79. The fourth-order valence-corrected chi connectivity index (χ4v) is 1.84. The van der Waals surface area contributed by atoms with Crippen molar-refractivity contribution in [3.05, 3.63) is 59.9 Å². The Morgan fingerprint density at radius 1 is 1.30 bits per heavy atom. The van der Waals surface area contributed by atoms with Crippen LogP contribution in [0.4, 0.5) is 0 Å². The van der Waals surface area contributed by atoms with E-state index in [0.29, 0.717) is 12.2 Å². The number of aromatic nitrogens is 1. The Kier molecular flexibility index (Phi) is 5.10. The molecule has 0 radical (unpaired) electrons. The van der Waals surface area contributed by atoms with Crippen LogP contribution in [0.15, 0.2) is 48.8 Å². The number of nitrogens with zero attached hydrogens (tertiary/aromatic N) is 2. The zero-order chi connectivity index (χ0) is 14.2. The lowest BCUT2D eigenvalue weighted by Crippen LogP contribution is -2.24. The molecule has 4 heteroatoms. The van der Waals surface area contributed by atoms with Crippen LogP contribution < -0.4 is 10.1 Å². The van der Waals surface area contributed by atoms with Crippen LogP contribution >= 0.6 is 0 Å². The Labute approximate surface area is 119 Å². The normalized spacial score (nSPS) is 11.6. The zero-order valence-corrected chi connectivity index (χ0v) is 11.4. The molecule has 0 saturated carbocycles. The Morgan fingerprint density at radius 3 is 2.75 bits per heavy atom. The SMILES string of the molecule is C[C@H](NCCOc1cccnc1)c1ccc(C#N)cc1. The molecule has 0 bridgehead atoms. The minimum absolute atomic E-state index is 0.222. The molecule has 0 amide bonds. The van der Waals surface area contributed by atoms with Crippen LogP contribution in [0.5, 0.6) is 5.75 Å². The highest BCUT2D eigenvalue weighted by Crippen LogP contribution is 2.12. The molecule has 0 aliphatic carbocycles. The van der Waals surface area contributed by atoms with Gasteiger partial charge in [-0.15, -0.1) is 0 Å². The first-order valence-electron chi connectivity index (χ1n) is 6.56. The van der Waals surface area contributed by atoms with Gasteiger partial charge in [-0.1, -0.05) is 12.1 Å². The van der Waals surface area contributed by atoms with Gasteiger partial charge in [-0.3, -0.25) is 4.98 Å². The topological polar surface area (TPSA) is 57.9 Å². The second kappa shape index (κ2) is 7.27. The summed E-state index contributed by atoms with van der Waals surface area (Å²) in [5, 5.41) is 12.1. The molecule has 0 saturated heterocycles. The molecule has 0 aliphatic rings. The Hall–Kier alpha value is -2.38. The lowest BCUT2D eigenvalue weighted by molar-refractivity contribution is 0.306. The molecule has 20 heavy (non-hydrogen) atoms. The first-order valence-corrected chi connectivity index (χ1v) is 6.56. The molecule has 1 atom stereocenters. The number of benzene rings is 1. The number of hydrogen-bond donors (Lipinski definition) is 1.